The molecule has 1 saturated heterocycles. The first-order valence-corrected chi connectivity index (χ1v) is 13.7. The fourth-order valence-corrected chi connectivity index (χ4v) is 5.85. The zero-order chi connectivity index (χ0) is 27.8. The summed E-state index contributed by atoms with van der Waals surface area (Å²) in [6.07, 6.45) is -8.34. The Morgan fingerprint density at radius 3 is 2.13 bits per heavy atom. The van der Waals surface area contributed by atoms with Crippen LogP contribution in [0.5, 0.6) is 0 Å². The summed E-state index contributed by atoms with van der Waals surface area (Å²) in [5.74, 6) is 3.49. The first kappa shape index (κ1) is 28.4. The van der Waals surface area contributed by atoms with Gasteiger partial charge in [0.2, 0.25) is 5.91 Å². The van der Waals surface area contributed by atoms with E-state index < -0.39 is 51.5 Å². The Morgan fingerprint density at radius 2 is 1.66 bits per heavy atom. The van der Waals surface area contributed by atoms with E-state index in [2.05, 4.69) is 20.9 Å². The second-order valence-corrected chi connectivity index (χ2v) is 12.0. The molecular formula is C25H26F6N2O4S. The molecule has 0 radical (unpaired) electrons. The zero-order valence-electron chi connectivity index (χ0n) is 20.1. The van der Waals surface area contributed by atoms with E-state index in [0.29, 0.717) is 34.4 Å². The van der Waals surface area contributed by atoms with Crippen LogP contribution in [-0.2, 0) is 35.8 Å². The van der Waals surface area contributed by atoms with Gasteiger partial charge in [-0.25, -0.2) is 4.98 Å². The number of halogens is 6. The zero-order valence-corrected chi connectivity index (χ0v) is 20.9. The van der Waals surface area contributed by atoms with Gasteiger partial charge >= 0.3 is 12.4 Å². The molecule has 2 fully saturated rings. The van der Waals surface area contributed by atoms with Gasteiger partial charge in [-0.2, -0.15) is 26.3 Å². The minimum Gasteiger partial charge on any atom is -0.381 e. The highest BCUT2D eigenvalue weighted by molar-refractivity contribution is 8.00. The molecule has 2 heterocycles. The largest absolute Gasteiger partial charge is 0.430 e. The number of pyridine rings is 1. The Balaban J connectivity index is 1.44. The Labute approximate surface area is 215 Å². The summed E-state index contributed by atoms with van der Waals surface area (Å²) in [5, 5.41) is 2.78. The number of carbonyl (C=O) groups excluding carboxylic acids is 1. The maximum atomic E-state index is 13.9. The maximum Gasteiger partial charge on any atom is 0.430 e. The van der Waals surface area contributed by atoms with E-state index in [9.17, 15) is 35.3 Å². The molecule has 38 heavy (non-hydrogen) atoms. The number of nitrogens with zero attached hydrogens (tertiary/aromatic N) is 1. The molecule has 1 aliphatic heterocycles. The van der Waals surface area contributed by atoms with E-state index in [1.165, 1.54) is 6.20 Å². The molecule has 1 N–H and O–H groups in total. The summed E-state index contributed by atoms with van der Waals surface area (Å²) < 4.78 is 105. The van der Waals surface area contributed by atoms with Crippen LogP contribution >= 0.6 is 0 Å². The van der Waals surface area contributed by atoms with Gasteiger partial charge < -0.3 is 14.8 Å². The number of amides is 1. The lowest BCUT2D eigenvalue weighted by Crippen LogP contribution is -2.57. The molecule has 13 heteroatoms. The van der Waals surface area contributed by atoms with E-state index >= 15 is 0 Å². The summed E-state index contributed by atoms with van der Waals surface area (Å²) >= 11 is 0. The van der Waals surface area contributed by atoms with Crippen LogP contribution in [-0.4, -0.2) is 58.9 Å². The lowest BCUT2D eigenvalue weighted by molar-refractivity contribution is -0.393. The van der Waals surface area contributed by atoms with E-state index in [-0.39, 0.29) is 25.3 Å². The van der Waals surface area contributed by atoms with Gasteiger partial charge in [-0.1, -0.05) is 18.2 Å². The van der Waals surface area contributed by atoms with Crippen molar-refractivity contribution in [2.75, 3.05) is 30.9 Å². The maximum absolute atomic E-state index is 13.9. The molecule has 0 bridgehead atoms. The third-order valence-electron chi connectivity index (χ3n) is 6.36. The van der Waals surface area contributed by atoms with Gasteiger partial charge in [-0.3, -0.25) is 9.00 Å². The first-order chi connectivity index (χ1) is 17.7. The Bertz CT molecular complexity index is 1220. The molecule has 4 rings (SSSR count). The molecule has 0 spiro atoms. The van der Waals surface area contributed by atoms with Gasteiger partial charge in [0.15, 0.2) is 0 Å². The number of rotatable bonds is 10. The van der Waals surface area contributed by atoms with Crippen molar-refractivity contribution >= 4 is 27.0 Å². The third kappa shape index (κ3) is 6.15. The predicted octanol–water partition coefficient (Wildman–Crippen LogP) is 4.73. The molecule has 1 amide bonds. The highest BCUT2D eigenvalue weighted by Crippen LogP contribution is 2.53. The highest BCUT2D eigenvalue weighted by Gasteiger charge is 2.73. The van der Waals surface area contributed by atoms with E-state index in [1.54, 1.807) is 12.1 Å². The van der Waals surface area contributed by atoms with Crippen molar-refractivity contribution < 1.29 is 44.8 Å². The highest BCUT2D eigenvalue weighted by atomic mass is 32.2. The molecule has 6 nitrogen and oxygen atoms in total. The molecule has 2 aromatic rings. The lowest BCUT2D eigenvalue weighted by Gasteiger charge is -2.39. The summed E-state index contributed by atoms with van der Waals surface area (Å²) in [6, 6.07) is 6.29. The second kappa shape index (κ2) is 10.5. The Kier molecular flexibility index (Phi) is 7.84. The van der Waals surface area contributed by atoms with E-state index in [4.69, 9.17) is 4.74 Å². The number of benzene rings is 1. The standard InChI is InChI=1S/C25H26F6N2O4S/c1-38(35,15-16-2-3-16)22-9-4-17(11-32-22)10-21(34)33-20-7-5-19(6-8-20)23(24(26,27)28,25(29,30)31)37-14-18-12-36-13-18/h4-9,11,16,18H,1-3,10,12-15H2,(H,33,34). The lowest BCUT2D eigenvalue weighted by atomic mass is 9.91. The number of anilines is 1. The van der Waals surface area contributed by atoms with Gasteiger partial charge in [-0.05, 0) is 48.4 Å². The van der Waals surface area contributed by atoms with Crippen LogP contribution in [0.1, 0.15) is 24.0 Å². The summed E-state index contributed by atoms with van der Waals surface area (Å²) in [6.45, 7) is -0.749. The number of aromatic nitrogens is 1. The van der Waals surface area contributed by atoms with Crippen molar-refractivity contribution in [1.82, 2.24) is 4.98 Å². The topological polar surface area (TPSA) is 77.5 Å². The molecule has 1 unspecified atom stereocenters. The van der Waals surface area contributed by atoms with Crippen molar-refractivity contribution in [3.05, 3.63) is 53.7 Å². The smallest absolute Gasteiger partial charge is 0.381 e. The Morgan fingerprint density at radius 1 is 1.03 bits per heavy atom. The number of carbonyl (C=O) groups is 1. The first-order valence-electron chi connectivity index (χ1n) is 11.8. The molecule has 1 aliphatic carbocycles. The third-order valence-corrected chi connectivity index (χ3v) is 8.38. The van der Waals surface area contributed by atoms with Gasteiger partial charge in [0.05, 0.1) is 26.2 Å². The summed E-state index contributed by atoms with van der Waals surface area (Å²) in [4.78, 5) is 16.6. The van der Waals surface area contributed by atoms with Gasteiger partial charge in [0.1, 0.15) is 5.03 Å². The van der Waals surface area contributed by atoms with Crippen LogP contribution in [0.15, 0.2) is 47.6 Å². The summed E-state index contributed by atoms with van der Waals surface area (Å²) in [7, 11) is -2.52. The normalized spacial score (nSPS) is 18.5. The molecule has 2 aliphatic rings. The Hall–Kier alpha value is -2.64. The van der Waals surface area contributed by atoms with Crippen LogP contribution in [0.3, 0.4) is 0 Å². The van der Waals surface area contributed by atoms with Crippen LogP contribution in [0.4, 0.5) is 32.0 Å². The van der Waals surface area contributed by atoms with Gasteiger partial charge in [0, 0.05) is 38.6 Å². The second-order valence-electron chi connectivity index (χ2n) is 9.62. The number of alkyl halides is 6. The van der Waals surface area contributed by atoms with Crippen LogP contribution < -0.4 is 5.32 Å². The number of hydrogen-bond donors (Lipinski definition) is 1. The minimum atomic E-state index is -5.80. The van der Waals surface area contributed by atoms with Crippen LogP contribution in [0.25, 0.3) is 0 Å². The van der Waals surface area contributed by atoms with Crippen molar-refractivity contribution in [1.29, 1.82) is 0 Å². The molecule has 208 valence electrons. The van der Waals surface area contributed by atoms with Crippen LogP contribution in [0, 0.1) is 11.8 Å². The van der Waals surface area contributed by atoms with Crippen molar-refractivity contribution in [3.8, 4) is 0 Å². The van der Waals surface area contributed by atoms with Crippen molar-refractivity contribution in [3.63, 3.8) is 0 Å². The fraction of sp³-hybridized carbons (Fsp3) is 0.480. The number of ether oxygens (including phenoxy) is 2. The van der Waals surface area contributed by atoms with Gasteiger partial charge in [-0.15, -0.1) is 0 Å². The quantitative estimate of drug-likeness (QED) is 0.334. The predicted molar refractivity (Wildman–Crippen MR) is 128 cm³/mol. The van der Waals surface area contributed by atoms with E-state index in [0.717, 1.165) is 25.0 Å². The van der Waals surface area contributed by atoms with Crippen molar-refractivity contribution in [2.45, 2.75) is 42.2 Å². The molecular weight excluding hydrogens is 538 g/mol. The molecule has 1 saturated carbocycles. The molecule has 1 atom stereocenters. The summed E-state index contributed by atoms with van der Waals surface area (Å²) in [5.41, 5.74) is -5.21. The van der Waals surface area contributed by atoms with Gasteiger partial charge in [0.25, 0.3) is 5.60 Å². The number of hydrogen-bond acceptors (Lipinski definition) is 5. The molecule has 1 aromatic carbocycles. The number of nitrogens with one attached hydrogen (secondary N) is 1. The minimum absolute atomic E-state index is 0.000757. The fourth-order valence-electron chi connectivity index (χ4n) is 4.02. The van der Waals surface area contributed by atoms with Crippen LogP contribution in [0.2, 0.25) is 0 Å². The molecule has 1 aromatic heterocycles. The SMILES string of the molecule is C=S(=O)(CC1CC1)c1ccc(CC(=O)Nc2ccc(C(OCC3COC3)(C(F)(F)F)C(F)(F)F)cc2)cn1. The van der Waals surface area contributed by atoms with Crippen molar-refractivity contribution in [2.24, 2.45) is 11.8 Å². The monoisotopic (exact) mass is 564 g/mol. The van der Waals surface area contributed by atoms with E-state index in [1.807, 2.05) is 0 Å². The average Bonchev–Trinajstić information content (AvgIpc) is 3.58. The average molecular weight is 565 g/mol.